The fourth-order valence-electron chi connectivity index (χ4n) is 3.12. The van der Waals surface area contributed by atoms with Crippen LogP contribution in [0.25, 0.3) is 22.3 Å². The van der Waals surface area contributed by atoms with Crippen molar-refractivity contribution in [3.05, 3.63) is 72.6 Å². The SMILES string of the molecule is C[C@@H](Nc1ncnc2[nH]c(-c3ccc(S(C)(=O)=O)cc3)cc12)c1ccccc1. The number of fused-ring (bicyclic) bond motifs is 1. The summed E-state index contributed by atoms with van der Waals surface area (Å²) < 4.78 is 23.3. The van der Waals surface area contributed by atoms with Crippen molar-refractivity contribution in [2.75, 3.05) is 11.6 Å². The van der Waals surface area contributed by atoms with Gasteiger partial charge in [-0.1, -0.05) is 42.5 Å². The number of H-pyrrole nitrogens is 1. The van der Waals surface area contributed by atoms with Gasteiger partial charge in [0.1, 0.15) is 17.8 Å². The van der Waals surface area contributed by atoms with Crippen molar-refractivity contribution in [3.8, 4) is 11.3 Å². The molecule has 0 aliphatic rings. The molecule has 28 heavy (non-hydrogen) atoms. The summed E-state index contributed by atoms with van der Waals surface area (Å²) in [4.78, 5) is 12.3. The molecule has 0 saturated heterocycles. The minimum Gasteiger partial charge on any atom is -0.363 e. The van der Waals surface area contributed by atoms with Crippen molar-refractivity contribution in [2.45, 2.75) is 17.9 Å². The summed E-state index contributed by atoms with van der Waals surface area (Å²) in [6, 6.07) is 19.0. The highest BCUT2D eigenvalue weighted by atomic mass is 32.2. The van der Waals surface area contributed by atoms with Crippen LogP contribution in [0.1, 0.15) is 18.5 Å². The van der Waals surface area contributed by atoms with Gasteiger partial charge in [-0.2, -0.15) is 0 Å². The molecule has 0 amide bonds. The van der Waals surface area contributed by atoms with Gasteiger partial charge in [0, 0.05) is 18.0 Å². The second kappa shape index (κ2) is 7.09. The number of nitrogens with one attached hydrogen (secondary N) is 2. The van der Waals surface area contributed by atoms with Gasteiger partial charge in [0.25, 0.3) is 0 Å². The molecule has 6 nitrogen and oxygen atoms in total. The lowest BCUT2D eigenvalue weighted by Crippen LogP contribution is -2.08. The molecule has 2 aromatic heterocycles. The molecular weight excluding hydrogens is 372 g/mol. The molecule has 4 aromatic rings. The first kappa shape index (κ1) is 18.2. The lowest BCUT2D eigenvalue weighted by molar-refractivity contribution is 0.602. The Hall–Kier alpha value is -3.19. The molecule has 0 spiro atoms. The third-order valence-electron chi connectivity index (χ3n) is 4.67. The number of hydrogen-bond acceptors (Lipinski definition) is 5. The molecule has 7 heteroatoms. The molecule has 0 fully saturated rings. The van der Waals surface area contributed by atoms with Crippen LogP contribution in [-0.4, -0.2) is 29.6 Å². The van der Waals surface area contributed by atoms with E-state index in [1.165, 1.54) is 18.1 Å². The van der Waals surface area contributed by atoms with E-state index in [2.05, 4.69) is 39.3 Å². The zero-order chi connectivity index (χ0) is 19.7. The van der Waals surface area contributed by atoms with Crippen LogP contribution in [0.4, 0.5) is 5.82 Å². The average molecular weight is 392 g/mol. The zero-order valence-electron chi connectivity index (χ0n) is 15.5. The van der Waals surface area contributed by atoms with Gasteiger partial charge >= 0.3 is 0 Å². The molecule has 4 rings (SSSR count). The minimum atomic E-state index is -3.22. The Morgan fingerprint density at radius 1 is 1.00 bits per heavy atom. The second-order valence-electron chi connectivity index (χ2n) is 6.74. The lowest BCUT2D eigenvalue weighted by Gasteiger charge is -2.15. The van der Waals surface area contributed by atoms with Gasteiger partial charge in [0.2, 0.25) is 0 Å². The predicted molar refractivity (Wildman–Crippen MR) is 111 cm³/mol. The molecule has 0 radical (unpaired) electrons. The molecule has 0 aliphatic heterocycles. The topological polar surface area (TPSA) is 87.7 Å². The van der Waals surface area contributed by atoms with E-state index in [-0.39, 0.29) is 6.04 Å². The molecule has 142 valence electrons. The number of benzene rings is 2. The molecule has 0 saturated carbocycles. The summed E-state index contributed by atoms with van der Waals surface area (Å²) in [5.74, 6) is 0.747. The minimum absolute atomic E-state index is 0.0895. The Bertz CT molecular complexity index is 1220. The van der Waals surface area contributed by atoms with Gasteiger partial charge in [-0.25, -0.2) is 18.4 Å². The third kappa shape index (κ3) is 3.61. The Kier molecular flexibility index (Phi) is 4.60. The first-order valence-corrected chi connectivity index (χ1v) is 10.8. The maximum absolute atomic E-state index is 11.7. The summed E-state index contributed by atoms with van der Waals surface area (Å²) in [6.07, 6.45) is 2.72. The van der Waals surface area contributed by atoms with Gasteiger partial charge in [0.15, 0.2) is 9.84 Å². The van der Waals surface area contributed by atoms with E-state index in [4.69, 9.17) is 0 Å². The highest BCUT2D eigenvalue weighted by Crippen LogP contribution is 2.29. The van der Waals surface area contributed by atoms with Crippen LogP contribution in [0.2, 0.25) is 0 Å². The predicted octanol–water partition coefficient (Wildman–Crippen LogP) is 4.20. The van der Waals surface area contributed by atoms with Gasteiger partial charge < -0.3 is 10.3 Å². The van der Waals surface area contributed by atoms with Crippen LogP contribution < -0.4 is 5.32 Å². The maximum atomic E-state index is 11.7. The molecular formula is C21H20N4O2S. The number of anilines is 1. The first-order chi connectivity index (χ1) is 13.4. The molecule has 2 aromatic carbocycles. The summed E-state index contributed by atoms with van der Waals surface area (Å²) in [5, 5.41) is 4.33. The van der Waals surface area contributed by atoms with E-state index in [0.29, 0.717) is 4.90 Å². The number of sulfone groups is 1. The summed E-state index contributed by atoms with van der Waals surface area (Å²) in [5.41, 5.74) is 3.62. The van der Waals surface area contributed by atoms with Crippen molar-refractivity contribution in [2.24, 2.45) is 0 Å². The Morgan fingerprint density at radius 2 is 1.71 bits per heavy atom. The Balaban J connectivity index is 1.67. The molecule has 1 atom stereocenters. The van der Waals surface area contributed by atoms with E-state index in [1.807, 2.05) is 24.3 Å². The standard InChI is InChI=1S/C21H20N4O2S/c1-14(15-6-4-3-5-7-15)24-20-18-12-19(25-21(18)23-13-22-20)16-8-10-17(11-9-16)28(2,26)27/h3-14H,1-2H3,(H2,22,23,24,25)/t14-/m1/s1. The monoisotopic (exact) mass is 392 g/mol. The zero-order valence-corrected chi connectivity index (χ0v) is 16.4. The Morgan fingerprint density at radius 3 is 2.39 bits per heavy atom. The Labute approximate surface area is 163 Å². The van der Waals surface area contributed by atoms with Crippen LogP contribution in [0.3, 0.4) is 0 Å². The van der Waals surface area contributed by atoms with E-state index >= 15 is 0 Å². The molecule has 2 heterocycles. The molecule has 0 unspecified atom stereocenters. The van der Waals surface area contributed by atoms with Crippen LogP contribution >= 0.6 is 0 Å². The lowest BCUT2D eigenvalue weighted by atomic mass is 10.1. The largest absolute Gasteiger partial charge is 0.363 e. The van der Waals surface area contributed by atoms with E-state index in [1.54, 1.807) is 24.3 Å². The maximum Gasteiger partial charge on any atom is 0.175 e. The van der Waals surface area contributed by atoms with E-state index in [9.17, 15) is 8.42 Å². The van der Waals surface area contributed by atoms with Crippen molar-refractivity contribution < 1.29 is 8.42 Å². The van der Waals surface area contributed by atoms with Crippen molar-refractivity contribution in [3.63, 3.8) is 0 Å². The second-order valence-corrected chi connectivity index (χ2v) is 8.76. The van der Waals surface area contributed by atoms with Gasteiger partial charge in [-0.05, 0) is 36.2 Å². The number of rotatable bonds is 5. The van der Waals surface area contributed by atoms with E-state index in [0.717, 1.165) is 28.1 Å². The van der Waals surface area contributed by atoms with Crippen LogP contribution in [0, 0.1) is 0 Å². The highest BCUT2D eigenvalue weighted by Gasteiger charge is 2.13. The number of aromatic nitrogens is 3. The number of nitrogens with zero attached hydrogens (tertiary/aromatic N) is 2. The van der Waals surface area contributed by atoms with Gasteiger partial charge in [0.05, 0.1) is 10.3 Å². The van der Waals surface area contributed by atoms with Crippen molar-refractivity contribution in [1.82, 2.24) is 15.0 Å². The fraction of sp³-hybridized carbons (Fsp3) is 0.143. The molecule has 2 N–H and O–H groups in total. The summed E-state index contributed by atoms with van der Waals surface area (Å²) in [6.45, 7) is 2.08. The highest BCUT2D eigenvalue weighted by molar-refractivity contribution is 7.90. The average Bonchev–Trinajstić information content (AvgIpc) is 3.13. The molecule has 0 aliphatic carbocycles. The number of aromatic amines is 1. The van der Waals surface area contributed by atoms with Crippen molar-refractivity contribution >= 4 is 26.7 Å². The first-order valence-electron chi connectivity index (χ1n) is 8.87. The van der Waals surface area contributed by atoms with E-state index < -0.39 is 9.84 Å². The quantitative estimate of drug-likeness (QED) is 0.531. The van der Waals surface area contributed by atoms with Crippen LogP contribution in [-0.2, 0) is 9.84 Å². The van der Waals surface area contributed by atoms with Gasteiger partial charge in [-0.3, -0.25) is 0 Å². The summed E-state index contributed by atoms with van der Waals surface area (Å²) in [7, 11) is -3.22. The van der Waals surface area contributed by atoms with Crippen molar-refractivity contribution in [1.29, 1.82) is 0 Å². The normalized spacial score (nSPS) is 12.8. The number of hydrogen-bond donors (Lipinski definition) is 2. The van der Waals surface area contributed by atoms with Crippen LogP contribution in [0.5, 0.6) is 0 Å². The van der Waals surface area contributed by atoms with Crippen LogP contribution in [0.15, 0.2) is 71.9 Å². The molecule has 0 bridgehead atoms. The third-order valence-corrected chi connectivity index (χ3v) is 5.80. The fourth-order valence-corrected chi connectivity index (χ4v) is 3.75. The summed E-state index contributed by atoms with van der Waals surface area (Å²) >= 11 is 0. The van der Waals surface area contributed by atoms with Gasteiger partial charge in [-0.15, -0.1) is 0 Å². The smallest absolute Gasteiger partial charge is 0.175 e.